The number of hydrogen-bond donors (Lipinski definition) is 0. The van der Waals surface area contributed by atoms with Gasteiger partial charge in [-0.3, -0.25) is 0 Å². The Bertz CT molecular complexity index is 6920. The molecule has 0 radical (unpaired) electrons. The normalized spacial score (nSPS) is 11.5. The summed E-state index contributed by atoms with van der Waals surface area (Å²) in [5.74, 6) is 1.62. The van der Waals surface area contributed by atoms with E-state index in [2.05, 4.69) is 347 Å². The average molecular weight is 1450 g/mol. The van der Waals surface area contributed by atoms with Gasteiger partial charge in [-0.1, -0.05) is 194 Å². The van der Waals surface area contributed by atoms with Crippen molar-refractivity contribution in [2.24, 2.45) is 0 Å². The summed E-state index contributed by atoms with van der Waals surface area (Å²) in [6.07, 6.45) is 0. The molecule has 524 valence electrons. The molecule has 0 spiro atoms. The number of benzene rings is 17. The molecule has 21 aromatic rings. The molecule has 0 atom stereocenters. The second-order valence-corrected chi connectivity index (χ2v) is 29.6. The average Bonchev–Trinajstić information content (AvgIpc) is 1.52. The molecule has 0 N–H and O–H groups in total. The summed E-state index contributed by atoms with van der Waals surface area (Å²) in [5.41, 5.74) is 19.0. The van der Waals surface area contributed by atoms with Crippen molar-refractivity contribution in [3.8, 4) is 22.6 Å². The van der Waals surface area contributed by atoms with Crippen LogP contribution in [-0.2, 0) is 0 Å². The Hall–Kier alpha value is -13.9. The van der Waals surface area contributed by atoms with Crippen LogP contribution in [-0.4, -0.2) is 14.2 Å². The van der Waals surface area contributed by atoms with Gasteiger partial charge < -0.3 is 37.9 Å². The molecule has 0 fully saturated rings. The molecule has 21 rings (SSSR count). The number of methoxy groups -OCH3 is 2. The van der Waals surface area contributed by atoms with Crippen LogP contribution in [0.3, 0.4) is 0 Å². The first-order valence-electron chi connectivity index (χ1n) is 36.8. The second kappa shape index (κ2) is 27.8. The lowest BCUT2D eigenvalue weighted by Gasteiger charge is -2.28. The molecular formula is C100H68N4O4S2. The standard InChI is InChI=1S/C58H40N2O3S.C42H28N2OS/c1-61-43-29-24-40(25-30-43)59(41-26-31-44(62-2)32-27-41)51-35-55-57(48-17-8-6-14-45(48)51)58-49-18-9-7-15-46(49)52(36-56(58)64-55)60(39-22-20-38(21-23-39)37-12-4-3-5-13-37)42-28-33-54-50(34-42)47-16-10-11-19-53(47)63-54;1-4-12-29(13-5-1)43(30-14-6-2-7-15-30)33-20-23-36-37-24-21-34(28-42(37)46-41(36)27-33)44(31-16-8-3-9-17-31)32-22-25-40-38(26-32)35-18-10-11-19-39(35)45-40/h3-36H,1-2H3;1-28H. The maximum absolute atomic E-state index is 6.33. The van der Waals surface area contributed by atoms with Gasteiger partial charge in [0.25, 0.3) is 0 Å². The maximum Gasteiger partial charge on any atom is 0.135 e. The minimum absolute atomic E-state index is 0.810. The highest BCUT2D eigenvalue weighted by atomic mass is 32.1. The fraction of sp³-hybridized carbons (Fsp3) is 0.0200. The molecule has 0 aliphatic carbocycles. The van der Waals surface area contributed by atoms with Gasteiger partial charge >= 0.3 is 0 Å². The Morgan fingerprint density at radius 3 is 0.945 bits per heavy atom. The number of ether oxygens (including phenoxy) is 2. The minimum atomic E-state index is 0.810. The summed E-state index contributed by atoms with van der Waals surface area (Å²) < 4.78 is 28.6. The van der Waals surface area contributed by atoms with Crippen molar-refractivity contribution in [2.45, 2.75) is 0 Å². The molecule has 8 nitrogen and oxygen atoms in total. The highest BCUT2D eigenvalue weighted by Gasteiger charge is 2.26. The van der Waals surface area contributed by atoms with Crippen molar-refractivity contribution in [3.63, 3.8) is 0 Å². The van der Waals surface area contributed by atoms with Gasteiger partial charge in [0.2, 0.25) is 0 Å². The van der Waals surface area contributed by atoms with E-state index in [0.717, 1.165) is 129 Å². The van der Waals surface area contributed by atoms with Gasteiger partial charge in [0.1, 0.15) is 33.8 Å². The van der Waals surface area contributed by atoms with E-state index in [-0.39, 0.29) is 0 Å². The van der Waals surface area contributed by atoms with Crippen molar-refractivity contribution >= 4 is 197 Å². The van der Waals surface area contributed by atoms with Crippen LogP contribution in [0.2, 0.25) is 0 Å². The summed E-state index contributed by atoms with van der Waals surface area (Å²) >= 11 is 3.69. The van der Waals surface area contributed by atoms with E-state index < -0.39 is 0 Å². The van der Waals surface area contributed by atoms with Crippen LogP contribution in [0.15, 0.2) is 385 Å². The van der Waals surface area contributed by atoms with E-state index in [1.165, 1.54) is 67.6 Å². The van der Waals surface area contributed by atoms with Crippen molar-refractivity contribution < 1.29 is 18.3 Å². The predicted octanol–water partition coefficient (Wildman–Crippen LogP) is 29.8. The lowest BCUT2D eigenvalue weighted by molar-refractivity contribution is 0.415. The molecular weight excluding hydrogens is 1390 g/mol. The fourth-order valence-corrected chi connectivity index (χ4v) is 18.3. The smallest absolute Gasteiger partial charge is 0.135 e. The molecule has 0 bridgehead atoms. The Balaban J connectivity index is 0.000000152. The number of furan rings is 2. The summed E-state index contributed by atoms with van der Waals surface area (Å²) in [6, 6.07) is 134. The highest BCUT2D eigenvalue weighted by molar-refractivity contribution is 7.26. The number of anilines is 12. The number of fused-ring (bicyclic) bond motifs is 16. The monoisotopic (exact) mass is 1450 g/mol. The van der Waals surface area contributed by atoms with Crippen molar-refractivity contribution in [2.75, 3.05) is 33.8 Å². The Kier molecular flexibility index (Phi) is 16.6. The zero-order valence-electron chi connectivity index (χ0n) is 60.0. The third kappa shape index (κ3) is 11.7. The predicted molar refractivity (Wildman–Crippen MR) is 466 cm³/mol. The number of para-hydroxylation sites is 5. The lowest BCUT2D eigenvalue weighted by atomic mass is 9.96. The van der Waals surface area contributed by atoms with Gasteiger partial charge in [-0.2, -0.15) is 0 Å². The molecule has 17 aromatic carbocycles. The first kappa shape index (κ1) is 65.6. The zero-order chi connectivity index (χ0) is 73.2. The third-order valence-electron chi connectivity index (χ3n) is 21.1. The van der Waals surface area contributed by atoms with Crippen LogP contribution in [0.25, 0.3) is 117 Å². The number of thiophene rings is 2. The van der Waals surface area contributed by atoms with E-state index in [0.29, 0.717) is 0 Å². The topological polar surface area (TPSA) is 57.7 Å². The first-order valence-corrected chi connectivity index (χ1v) is 38.4. The number of nitrogens with zero attached hydrogens (tertiary/aromatic N) is 4. The van der Waals surface area contributed by atoms with Crippen LogP contribution in [0.5, 0.6) is 11.5 Å². The van der Waals surface area contributed by atoms with Gasteiger partial charge in [0, 0.05) is 130 Å². The first-order chi connectivity index (χ1) is 54.4. The van der Waals surface area contributed by atoms with Gasteiger partial charge in [-0.25, -0.2) is 0 Å². The Morgan fingerprint density at radius 1 is 0.209 bits per heavy atom. The van der Waals surface area contributed by atoms with Crippen LogP contribution in [0, 0.1) is 0 Å². The van der Waals surface area contributed by atoms with E-state index in [4.69, 9.17) is 18.3 Å². The molecule has 4 aromatic heterocycles. The van der Waals surface area contributed by atoms with E-state index in [1.54, 1.807) is 14.2 Å². The molecule has 4 heterocycles. The molecule has 0 unspecified atom stereocenters. The molecule has 0 amide bonds. The van der Waals surface area contributed by atoms with Gasteiger partial charge in [-0.05, 0) is 204 Å². The van der Waals surface area contributed by atoms with Crippen LogP contribution in [0.1, 0.15) is 0 Å². The van der Waals surface area contributed by atoms with E-state index in [1.807, 2.05) is 71.2 Å². The summed E-state index contributed by atoms with van der Waals surface area (Å²) in [4.78, 5) is 9.41. The van der Waals surface area contributed by atoms with E-state index >= 15 is 0 Å². The SMILES string of the molecule is COc1ccc(N(c2ccc(OC)cc2)c2cc3sc4cc(N(c5ccc(-c6ccccc6)cc5)c5ccc6oc7ccccc7c6c5)c5ccccc5c4c3c3ccccc23)cc1.c1ccc(N(c2ccccc2)c2ccc3c(c2)sc2cc(N(c4ccccc4)c4ccc5oc6ccccc6c5c4)ccc23)cc1. The molecule has 0 saturated heterocycles. The van der Waals surface area contributed by atoms with Gasteiger partial charge in [0.15, 0.2) is 0 Å². The molecule has 0 aliphatic rings. The summed E-state index contributed by atoms with van der Waals surface area (Å²) in [6.45, 7) is 0. The second-order valence-electron chi connectivity index (χ2n) is 27.4. The number of hydrogen-bond acceptors (Lipinski definition) is 10. The quantitative estimate of drug-likeness (QED) is 0.101. The molecule has 10 heteroatoms. The lowest BCUT2D eigenvalue weighted by Crippen LogP contribution is -2.10. The van der Waals surface area contributed by atoms with E-state index in [9.17, 15) is 0 Å². The summed E-state index contributed by atoms with van der Waals surface area (Å²) in [5, 5.41) is 14.2. The Labute approximate surface area is 643 Å². The zero-order valence-corrected chi connectivity index (χ0v) is 61.7. The third-order valence-corrected chi connectivity index (χ3v) is 23.3. The van der Waals surface area contributed by atoms with Gasteiger partial charge in [-0.15, -0.1) is 22.7 Å². The highest BCUT2D eigenvalue weighted by Crippen LogP contribution is 2.53. The van der Waals surface area contributed by atoms with Crippen LogP contribution < -0.4 is 29.1 Å². The molecule has 0 saturated carbocycles. The summed E-state index contributed by atoms with van der Waals surface area (Å²) in [7, 11) is 3.41. The van der Waals surface area contributed by atoms with Gasteiger partial charge in [0.05, 0.1) is 25.6 Å². The largest absolute Gasteiger partial charge is 0.497 e. The van der Waals surface area contributed by atoms with Crippen molar-refractivity contribution in [3.05, 3.63) is 376 Å². The van der Waals surface area contributed by atoms with Crippen LogP contribution >= 0.6 is 22.7 Å². The Morgan fingerprint density at radius 2 is 0.509 bits per heavy atom. The van der Waals surface area contributed by atoms with Crippen LogP contribution in [0.4, 0.5) is 68.2 Å². The minimum Gasteiger partial charge on any atom is -0.497 e. The maximum atomic E-state index is 6.33. The molecule has 110 heavy (non-hydrogen) atoms. The van der Waals surface area contributed by atoms with Crippen molar-refractivity contribution in [1.29, 1.82) is 0 Å². The molecule has 0 aliphatic heterocycles. The fourth-order valence-electron chi connectivity index (χ4n) is 15.9. The number of rotatable bonds is 15. The van der Waals surface area contributed by atoms with Crippen molar-refractivity contribution in [1.82, 2.24) is 0 Å².